The van der Waals surface area contributed by atoms with Crippen LogP contribution >= 0.6 is 0 Å². The van der Waals surface area contributed by atoms with Crippen molar-refractivity contribution in [2.45, 2.75) is 162 Å². The highest BCUT2D eigenvalue weighted by Crippen LogP contribution is 2.56. The van der Waals surface area contributed by atoms with Crippen molar-refractivity contribution in [3.63, 3.8) is 0 Å². The Kier molecular flexibility index (Phi) is 8.55. The summed E-state index contributed by atoms with van der Waals surface area (Å²) >= 11 is 0. The number of hydrogen-bond acceptors (Lipinski definition) is 5. The smallest absolute Gasteiger partial charge is 0.444 e. The van der Waals surface area contributed by atoms with Crippen LogP contribution < -0.4 is 5.46 Å². The van der Waals surface area contributed by atoms with Gasteiger partial charge in [0.15, 0.2) is 0 Å². The van der Waals surface area contributed by atoms with Crippen molar-refractivity contribution < 1.29 is 18.8 Å². The monoisotopic (exact) mass is 767 g/mol. The maximum Gasteiger partial charge on any atom is 0.495 e. The highest BCUT2D eigenvalue weighted by molar-refractivity contribution is 6.62. The molecule has 2 saturated carbocycles. The van der Waals surface area contributed by atoms with Crippen molar-refractivity contribution in [3.05, 3.63) is 70.5 Å². The van der Waals surface area contributed by atoms with E-state index in [1.807, 2.05) is 25.7 Å². The minimum absolute atomic E-state index is 0.127. The highest BCUT2D eigenvalue weighted by Gasteiger charge is 2.54. The Labute approximate surface area is 340 Å². The van der Waals surface area contributed by atoms with E-state index < -0.39 is 5.60 Å². The van der Waals surface area contributed by atoms with Crippen molar-refractivity contribution in [1.29, 1.82) is 0 Å². The van der Waals surface area contributed by atoms with Crippen molar-refractivity contribution >= 4 is 29.7 Å². The predicted octanol–water partition coefficient (Wildman–Crippen LogP) is 10.8. The molecule has 10 rings (SSSR count). The molecule has 3 aromatic carbocycles. The van der Waals surface area contributed by atoms with Gasteiger partial charge in [0.05, 0.1) is 28.3 Å². The van der Waals surface area contributed by atoms with Gasteiger partial charge < -0.3 is 19.0 Å². The van der Waals surface area contributed by atoms with Crippen molar-refractivity contribution in [1.82, 2.24) is 14.9 Å². The zero-order valence-corrected chi connectivity index (χ0v) is 35.7. The Bertz CT molecular complexity index is 2250. The van der Waals surface area contributed by atoms with Gasteiger partial charge in [-0.1, -0.05) is 62.9 Å². The molecule has 1 aromatic heterocycles. The van der Waals surface area contributed by atoms with Crippen molar-refractivity contribution in [2.24, 2.45) is 16.7 Å². The van der Waals surface area contributed by atoms with Gasteiger partial charge in [0.2, 0.25) is 0 Å². The lowest BCUT2D eigenvalue weighted by Gasteiger charge is -2.32. The minimum Gasteiger partial charge on any atom is -0.444 e. The molecular weight excluding hydrogens is 705 g/mol. The quantitative estimate of drug-likeness (QED) is 0.209. The molecule has 2 aliphatic heterocycles. The second kappa shape index (κ2) is 12.9. The minimum atomic E-state index is -0.543. The van der Waals surface area contributed by atoms with Gasteiger partial charge in [-0.15, -0.1) is 0 Å². The number of amides is 1. The molecular formula is C49H62BN3O4. The van der Waals surface area contributed by atoms with Crippen molar-refractivity contribution in [3.8, 4) is 22.3 Å². The van der Waals surface area contributed by atoms with Gasteiger partial charge in [0.25, 0.3) is 0 Å². The number of rotatable bonds is 4. The number of nitrogens with zero attached hydrogens (tertiary/aromatic N) is 2. The first-order valence-electron chi connectivity index (χ1n) is 22.2. The summed E-state index contributed by atoms with van der Waals surface area (Å²) in [5.41, 5.74) is 14.4. The van der Waals surface area contributed by atoms with Crippen LogP contribution in [0.25, 0.3) is 33.3 Å². The van der Waals surface area contributed by atoms with Gasteiger partial charge in [0.1, 0.15) is 11.4 Å². The lowest BCUT2D eigenvalue weighted by molar-refractivity contribution is 0.00578. The summed E-state index contributed by atoms with van der Waals surface area (Å²) in [5.74, 6) is 1.22. The van der Waals surface area contributed by atoms with Gasteiger partial charge in [-0.25, -0.2) is 9.78 Å². The molecule has 0 radical (unpaired) electrons. The first-order valence-corrected chi connectivity index (χ1v) is 22.2. The van der Waals surface area contributed by atoms with Crippen LogP contribution in [-0.2, 0) is 39.7 Å². The van der Waals surface area contributed by atoms with Gasteiger partial charge in [0, 0.05) is 6.54 Å². The zero-order valence-electron chi connectivity index (χ0n) is 35.7. The van der Waals surface area contributed by atoms with Crippen LogP contribution in [0.1, 0.15) is 147 Å². The molecule has 300 valence electrons. The Hall–Kier alpha value is -3.62. The average molecular weight is 768 g/mol. The van der Waals surface area contributed by atoms with E-state index in [9.17, 15) is 4.79 Å². The zero-order chi connectivity index (χ0) is 39.7. The van der Waals surface area contributed by atoms with Crippen LogP contribution in [0, 0.1) is 16.7 Å². The van der Waals surface area contributed by atoms with Gasteiger partial charge in [-0.3, -0.25) is 4.90 Å². The molecule has 4 fully saturated rings. The molecule has 2 spiro atoms. The average Bonchev–Trinajstić information content (AvgIpc) is 4.00. The number of carbonyl (C=O) groups excluding carboxylic acids is 1. The number of aromatic nitrogens is 2. The van der Waals surface area contributed by atoms with E-state index >= 15 is 0 Å². The number of nitrogens with one attached hydrogen (secondary N) is 1. The molecule has 0 bridgehead atoms. The summed E-state index contributed by atoms with van der Waals surface area (Å²) in [7, 11) is -0.334. The third-order valence-electron chi connectivity index (χ3n) is 15.5. The Morgan fingerprint density at radius 3 is 1.95 bits per heavy atom. The Morgan fingerprint density at radius 2 is 1.33 bits per heavy atom. The van der Waals surface area contributed by atoms with E-state index in [1.165, 1.54) is 91.1 Å². The summed E-state index contributed by atoms with van der Waals surface area (Å²) in [6.45, 7) is 17.3. The van der Waals surface area contributed by atoms with Crippen molar-refractivity contribution in [2.75, 3.05) is 6.54 Å². The highest BCUT2D eigenvalue weighted by atomic mass is 16.7. The lowest BCUT2D eigenvalue weighted by atomic mass is 9.73. The number of hydrogen-bond donors (Lipinski definition) is 1. The number of carbonyl (C=O) groups is 1. The Morgan fingerprint density at radius 1 is 0.789 bits per heavy atom. The maximum absolute atomic E-state index is 13.3. The molecule has 2 saturated heterocycles. The third kappa shape index (κ3) is 6.29. The summed E-state index contributed by atoms with van der Waals surface area (Å²) < 4.78 is 19.3. The fraction of sp³-hybridized carbons (Fsp3) is 0.592. The standard InChI is InChI=1S/C49H62BN3O4/c1-30-23-42(53(29-30)44(54)55-45(2,3)4)43-51-40-18-13-31(24-41(40)52-43)32-14-15-33(36-26-48(25-35(32)36)19-9-10-20-48)34-16-17-39(50-56-46(5,6)47(7,8)57-50)38-28-49(27-37(34)38)21-11-12-22-49/h13-18,24,30,42H,9-12,19-23,25-29H2,1-8H3,(H,51,52)/t30-,42-/m0/s1. The topological polar surface area (TPSA) is 76.7 Å². The van der Waals surface area contributed by atoms with Gasteiger partial charge in [-0.05, 0) is 185 Å². The number of ether oxygens (including phenoxy) is 1. The number of aromatic amines is 1. The van der Waals surface area contributed by atoms with E-state index in [0.29, 0.717) is 23.3 Å². The summed E-state index contributed by atoms with van der Waals surface area (Å²) in [6, 6.07) is 16.3. The molecule has 0 unspecified atom stereocenters. The molecule has 3 heterocycles. The van der Waals surface area contributed by atoms with Crippen LogP contribution in [0.3, 0.4) is 0 Å². The van der Waals surface area contributed by atoms with E-state index in [4.69, 9.17) is 19.0 Å². The molecule has 57 heavy (non-hydrogen) atoms. The van der Waals surface area contributed by atoms with Crippen LogP contribution in [0.15, 0.2) is 42.5 Å². The van der Waals surface area contributed by atoms with Crippen LogP contribution in [0.5, 0.6) is 0 Å². The molecule has 8 heteroatoms. The number of fused-ring (bicyclic) bond motifs is 3. The molecule has 4 aliphatic carbocycles. The molecule has 2 atom stereocenters. The van der Waals surface area contributed by atoms with E-state index in [1.54, 1.807) is 16.7 Å². The van der Waals surface area contributed by atoms with Crippen LogP contribution in [0.2, 0.25) is 0 Å². The summed E-state index contributed by atoms with van der Waals surface area (Å²) in [6.07, 6.45) is 15.9. The number of benzene rings is 3. The first-order chi connectivity index (χ1) is 27.0. The summed E-state index contributed by atoms with van der Waals surface area (Å²) in [5, 5.41) is 0. The SMILES string of the molecule is C[C@H]1C[C@@H](c2nc3ccc(-c4ccc(-c5ccc(B6OC(C)(C)C(C)(C)O6)c6c5CC5(CCCC5)C6)c5c4CC4(CCCC4)C5)cc3[nH]2)N(C(=O)OC(C)(C)C)C1. The fourth-order valence-electron chi connectivity index (χ4n) is 11.9. The first kappa shape index (κ1) is 37.6. The summed E-state index contributed by atoms with van der Waals surface area (Å²) in [4.78, 5) is 23.9. The second-order valence-electron chi connectivity index (χ2n) is 21.3. The van der Waals surface area contributed by atoms with E-state index in [0.717, 1.165) is 42.5 Å². The molecule has 1 N–H and O–H groups in total. The Balaban J connectivity index is 1.04. The number of imidazole rings is 1. The number of likely N-dealkylation sites (tertiary alicyclic amines) is 1. The largest absolute Gasteiger partial charge is 0.495 e. The predicted molar refractivity (Wildman–Crippen MR) is 229 cm³/mol. The van der Waals surface area contributed by atoms with Crippen LogP contribution in [0.4, 0.5) is 4.79 Å². The fourth-order valence-corrected chi connectivity index (χ4v) is 11.9. The molecule has 1 amide bonds. The normalized spacial score (nSPS) is 25.3. The second-order valence-corrected chi connectivity index (χ2v) is 21.3. The van der Waals surface area contributed by atoms with Crippen LogP contribution in [-0.4, -0.2) is 51.4 Å². The van der Waals surface area contributed by atoms with Gasteiger partial charge >= 0.3 is 13.2 Å². The molecule has 6 aliphatic rings. The van der Waals surface area contributed by atoms with E-state index in [2.05, 4.69) is 82.1 Å². The van der Waals surface area contributed by atoms with E-state index in [-0.39, 0.29) is 30.5 Å². The lowest BCUT2D eigenvalue weighted by Crippen LogP contribution is -2.41. The van der Waals surface area contributed by atoms with Gasteiger partial charge in [-0.2, -0.15) is 0 Å². The third-order valence-corrected chi connectivity index (χ3v) is 15.5. The molecule has 4 aromatic rings. The maximum atomic E-state index is 13.3. The number of H-pyrrole nitrogens is 1. The molecule has 7 nitrogen and oxygen atoms in total.